The molecule has 0 heterocycles. The Kier molecular flexibility index (Phi) is 4.07. The molecule has 3 heteroatoms. The zero-order valence-electron chi connectivity index (χ0n) is 10.1. The van der Waals surface area contributed by atoms with Gasteiger partial charge in [-0.25, -0.2) is 0 Å². The molecular weight excluding hydrogens is 359 g/mol. The third-order valence-corrected chi connectivity index (χ3v) is 4.60. The van der Waals surface area contributed by atoms with Gasteiger partial charge >= 0.3 is 0 Å². The van der Waals surface area contributed by atoms with Crippen molar-refractivity contribution in [3.05, 3.63) is 67.2 Å². The maximum atomic E-state index is 12.4. The maximum Gasteiger partial charge on any atom is 0.193 e. The van der Waals surface area contributed by atoms with Crippen molar-refractivity contribution in [1.29, 1.82) is 0 Å². The van der Waals surface area contributed by atoms with E-state index in [9.17, 15) is 4.79 Å². The minimum absolute atomic E-state index is 0.0227. The third-order valence-electron chi connectivity index (χ3n) is 3.03. The van der Waals surface area contributed by atoms with E-state index in [0.29, 0.717) is 10.6 Å². The first-order valence-corrected chi connectivity index (χ1v) is 7.02. The second-order valence-corrected chi connectivity index (χ2v) is 5.77. The summed E-state index contributed by atoms with van der Waals surface area (Å²) in [5.41, 5.74) is 3.52. The van der Waals surface area contributed by atoms with Gasteiger partial charge in [0.15, 0.2) is 5.78 Å². The van der Waals surface area contributed by atoms with Crippen molar-refractivity contribution in [2.75, 3.05) is 0 Å². The summed E-state index contributed by atoms with van der Waals surface area (Å²) in [6.07, 6.45) is 0. The predicted molar refractivity (Wildman–Crippen MR) is 83.5 cm³/mol. The Bertz CT molecular complexity index is 620. The second kappa shape index (κ2) is 5.41. The van der Waals surface area contributed by atoms with Gasteiger partial charge in [-0.3, -0.25) is 4.79 Å². The Balaban J connectivity index is 2.48. The van der Waals surface area contributed by atoms with Crippen LogP contribution in [0.15, 0.2) is 36.4 Å². The zero-order valence-corrected chi connectivity index (χ0v) is 13.0. The van der Waals surface area contributed by atoms with Gasteiger partial charge in [-0.05, 0) is 65.8 Å². The largest absolute Gasteiger partial charge is 0.289 e. The SMILES string of the molecule is Cc1cccc(C(=O)c2ccc(I)c(Cl)c2)c1C. The van der Waals surface area contributed by atoms with Crippen LogP contribution >= 0.6 is 34.2 Å². The molecule has 0 fully saturated rings. The molecule has 0 spiro atoms. The molecular formula is C15H12ClIO. The first-order chi connectivity index (χ1) is 8.50. The normalized spacial score (nSPS) is 10.4. The van der Waals surface area contributed by atoms with E-state index >= 15 is 0 Å². The molecule has 0 aliphatic rings. The fourth-order valence-corrected chi connectivity index (χ4v) is 2.31. The van der Waals surface area contributed by atoms with Gasteiger partial charge in [-0.1, -0.05) is 29.8 Å². The Hall–Kier alpha value is -0.870. The molecule has 0 atom stereocenters. The van der Waals surface area contributed by atoms with Gasteiger partial charge in [0, 0.05) is 14.7 Å². The van der Waals surface area contributed by atoms with Gasteiger partial charge in [0.2, 0.25) is 0 Å². The van der Waals surface area contributed by atoms with Crippen LogP contribution in [-0.4, -0.2) is 5.78 Å². The topological polar surface area (TPSA) is 17.1 Å². The zero-order chi connectivity index (χ0) is 13.3. The molecule has 92 valence electrons. The molecule has 0 aliphatic carbocycles. The average molecular weight is 371 g/mol. The highest BCUT2D eigenvalue weighted by Crippen LogP contribution is 2.23. The highest BCUT2D eigenvalue weighted by molar-refractivity contribution is 14.1. The molecule has 0 unspecified atom stereocenters. The van der Waals surface area contributed by atoms with Gasteiger partial charge in [-0.15, -0.1) is 0 Å². The lowest BCUT2D eigenvalue weighted by Crippen LogP contribution is -2.04. The molecule has 0 saturated carbocycles. The molecule has 0 radical (unpaired) electrons. The van der Waals surface area contributed by atoms with Crippen molar-refractivity contribution >= 4 is 40.0 Å². The quantitative estimate of drug-likeness (QED) is 0.548. The van der Waals surface area contributed by atoms with Crippen molar-refractivity contribution < 1.29 is 4.79 Å². The van der Waals surface area contributed by atoms with Crippen molar-refractivity contribution in [3.8, 4) is 0 Å². The van der Waals surface area contributed by atoms with E-state index in [4.69, 9.17) is 11.6 Å². The number of hydrogen-bond donors (Lipinski definition) is 0. The van der Waals surface area contributed by atoms with Crippen LogP contribution in [0.5, 0.6) is 0 Å². The van der Waals surface area contributed by atoms with Crippen LogP contribution in [0.1, 0.15) is 27.0 Å². The Morgan fingerprint density at radius 3 is 2.56 bits per heavy atom. The number of benzene rings is 2. The summed E-state index contributed by atoms with van der Waals surface area (Å²) < 4.78 is 0.951. The summed E-state index contributed by atoms with van der Waals surface area (Å²) in [7, 11) is 0. The van der Waals surface area contributed by atoms with Crippen LogP contribution in [0.3, 0.4) is 0 Å². The van der Waals surface area contributed by atoms with Gasteiger partial charge < -0.3 is 0 Å². The lowest BCUT2D eigenvalue weighted by atomic mass is 9.96. The summed E-state index contributed by atoms with van der Waals surface area (Å²) >= 11 is 8.20. The van der Waals surface area contributed by atoms with Crippen molar-refractivity contribution in [2.24, 2.45) is 0 Å². The van der Waals surface area contributed by atoms with E-state index in [1.165, 1.54) is 0 Å². The predicted octanol–water partition coefficient (Wildman–Crippen LogP) is 4.79. The van der Waals surface area contributed by atoms with Gasteiger partial charge in [-0.2, -0.15) is 0 Å². The van der Waals surface area contributed by atoms with Crippen molar-refractivity contribution in [2.45, 2.75) is 13.8 Å². The minimum Gasteiger partial charge on any atom is -0.289 e. The van der Waals surface area contributed by atoms with Crippen LogP contribution < -0.4 is 0 Å². The highest BCUT2D eigenvalue weighted by Gasteiger charge is 2.13. The molecule has 0 aromatic heterocycles. The van der Waals surface area contributed by atoms with Crippen LogP contribution in [0, 0.1) is 17.4 Å². The van der Waals surface area contributed by atoms with Crippen molar-refractivity contribution in [3.63, 3.8) is 0 Å². The fraction of sp³-hybridized carbons (Fsp3) is 0.133. The number of hydrogen-bond acceptors (Lipinski definition) is 1. The first-order valence-electron chi connectivity index (χ1n) is 5.56. The molecule has 2 aromatic carbocycles. The lowest BCUT2D eigenvalue weighted by molar-refractivity contribution is 0.103. The van der Waals surface area contributed by atoms with Crippen LogP contribution in [0.25, 0.3) is 0 Å². The summed E-state index contributed by atoms with van der Waals surface area (Å²) in [6, 6.07) is 11.2. The van der Waals surface area contributed by atoms with Gasteiger partial charge in [0.1, 0.15) is 0 Å². The van der Waals surface area contributed by atoms with E-state index < -0.39 is 0 Å². The monoisotopic (exact) mass is 370 g/mol. The molecule has 0 amide bonds. The second-order valence-electron chi connectivity index (χ2n) is 4.21. The molecule has 18 heavy (non-hydrogen) atoms. The molecule has 0 N–H and O–H groups in total. The van der Waals surface area contributed by atoms with Crippen molar-refractivity contribution in [1.82, 2.24) is 0 Å². The Labute approximate surface area is 125 Å². The standard InChI is InChI=1S/C15H12ClIO/c1-9-4-3-5-12(10(9)2)15(18)11-6-7-14(17)13(16)8-11/h3-8H,1-2H3. The number of aryl methyl sites for hydroxylation is 1. The number of halogens is 2. The molecule has 1 nitrogen and oxygen atoms in total. The third kappa shape index (κ3) is 2.59. The average Bonchev–Trinajstić information content (AvgIpc) is 2.35. The fourth-order valence-electron chi connectivity index (χ4n) is 1.79. The lowest BCUT2D eigenvalue weighted by Gasteiger charge is -2.08. The van der Waals surface area contributed by atoms with Crippen LogP contribution in [-0.2, 0) is 0 Å². The Morgan fingerprint density at radius 2 is 1.89 bits per heavy atom. The van der Waals surface area contributed by atoms with Crippen LogP contribution in [0.2, 0.25) is 5.02 Å². The molecule has 0 saturated heterocycles. The summed E-state index contributed by atoms with van der Waals surface area (Å²) in [4.78, 5) is 12.4. The van der Waals surface area contributed by atoms with E-state index in [0.717, 1.165) is 20.3 Å². The van der Waals surface area contributed by atoms with E-state index in [1.807, 2.05) is 44.2 Å². The van der Waals surface area contributed by atoms with E-state index in [1.54, 1.807) is 6.07 Å². The van der Waals surface area contributed by atoms with E-state index in [-0.39, 0.29) is 5.78 Å². The van der Waals surface area contributed by atoms with Crippen LogP contribution in [0.4, 0.5) is 0 Å². The Morgan fingerprint density at radius 1 is 1.17 bits per heavy atom. The molecule has 2 aromatic rings. The number of carbonyl (C=O) groups excluding carboxylic acids is 1. The van der Waals surface area contributed by atoms with Gasteiger partial charge in [0.05, 0.1) is 5.02 Å². The molecule has 0 aliphatic heterocycles. The first kappa shape index (κ1) is 13.6. The minimum atomic E-state index is 0.0227. The number of ketones is 1. The molecule has 0 bridgehead atoms. The van der Waals surface area contributed by atoms with Gasteiger partial charge in [0.25, 0.3) is 0 Å². The smallest absolute Gasteiger partial charge is 0.193 e. The number of carbonyl (C=O) groups is 1. The number of rotatable bonds is 2. The highest BCUT2D eigenvalue weighted by atomic mass is 127. The maximum absolute atomic E-state index is 12.4. The summed E-state index contributed by atoms with van der Waals surface area (Å²) in [6.45, 7) is 3.98. The van der Waals surface area contributed by atoms with E-state index in [2.05, 4.69) is 22.6 Å². The summed E-state index contributed by atoms with van der Waals surface area (Å²) in [5.74, 6) is 0.0227. The summed E-state index contributed by atoms with van der Waals surface area (Å²) in [5, 5.41) is 0.617. The molecule has 2 rings (SSSR count).